The van der Waals surface area contributed by atoms with E-state index in [4.69, 9.17) is 9.47 Å². The molecule has 12 heteroatoms. The number of rotatable bonds is 9. The van der Waals surface area contributed by atoms with E-state index in [1.165, 1.54) is 21.1 Å². The molecule has 1 N–H and O–H groups in total. The first-order chi connectivity index (χ1) is 17.7. The second kappa shape index (κ2) is 11.0. The lowest BCUT2D eigenvalue weighted by molar-refractivity contribution is 0.171. The Morgan fingerprint density at radius 1 is 1.05 bits per heavy atom. The number of sulfone groups is 1. The third kappa shape index (κ3) is 5.36. The van der Waals surface area contributed by atoms with Gasteiger partial charge in [0, 0.05) is 22.4 Å². The maximum absolute atomic E-state index is 13.6. The van der Waals surface area contributed by atoms with Crippen LogP contribution in [0, 0.1) is 6.92 Å². The van der Waals surface area contributed by atoms with Gasteiger partial charge in [-0.25, -0.2) is 8.42 Å². The molecule has 0 aliphatic carbocycles. The molecule has 0 fully saturated rings. The fourth-order valence-electron chi connectivity index (χ4n) is 3.86. The van der Waals surface area contributed by atoms with Crippen molar-refractivity contribution in [2.75, 3.05) is 14.2 Å². The Morgan fingerprint density at radius 2 is 1.76 bits per heavy atom. The summed E-state index contributed by atoms with van der Waals surface area (Å²) in [6, 6.07) is 12.1. The predicted octanol–water partition coefficient (Wildman–Crippen LogP) is 3.85. The van der Waals surface area contributed by atoms with E-state index in [9.17, 15) is 13.5 Å². The summed E-state index contributed by atoms with van der Waals surface area (Å²) >= 11 is 3.37. The summed E-state index contributed by atoms with van der Waals surface area (Å²) in [5, 5.41) is 18.3. The Labute approximate surface area is 223 Å². The molecule has 0 aliphatic rings. The van der Waals surface area contributed by atoms with Crippen LogP contribution in [0.4, 0.5) is 0 Å². The number of nitrogens with zero attached hydrogens (tertiary/aromatic N) is 5. The van der Waals surface area contributed by atoms with E-state index < -0.39 is 26.9 Å². The minimum Gasteiger partial charge on any atom is -0.494 e. The summed E-state index contributed by atoms with van der Waals surface area (Å²) in [4.78, 5) is 8.49. The molecule has 3 heterocycles. The van der Waals surface area contributed by atoms with Crippen molar-refractivity contribution in [3.8, 4) is 28.6 Å². The molecule has 0 bridgehead atoms. The van der Waals surface area contributed by atoms with Crippen molar-refractivity contribution in [2.24, 2.45) is 0 Å². The molecule has 3 aromatic heterocycles. The fraction of sp³-hybridized carbons (Fsp3) is 0.280. The monoisotopic (exact) mass is 587 g/mol. The SMILES string of the molecule is COc1cccc(OC)c1-n1c(CS(=O)(=O)[C@H](C)[C@@H](O)c2ccc(Br)c(C)n2)nnc1-c1cccnc1. The zero-order valence-electron chi connectivity index (χ0n) is 20.7. The third-order valence-electron chi connectivity index (χ3n) is 5.96. The van der Waals surface area contributed by atoms with Crippen molar-refractivity contribution in [3.05, 3.63) is 76.5 Å². The van der Waals surface area contributed by atoms with Crippen LogP contribution in [-0.4, -0.2) is 57.7 Å². The number of aliphatic hydroxyl groups is 1. The highest BCUT2D eigenvalue weighted by atomic mass is 79.9. The molecule has 10 nitrogen and oxygen atoms in total. The van der Waals surface area contributed by atoms with Crippen LogP contribution >= 0.6 is 15.9 Å². The summed E-state index contributed by atoms with van der Waals surface area (Å²) in [6.07, 6.45) is 1.89. The predicted molar refractivity (Wildman–Crippen MR) is 141 cm³/mol. The third-order valence-corrected chi connectivity index (χ3v) is 8.85. The molecule has 1 aromatic carbocycles. The lowest BCUT2D eigenvalue weighted by Gasteiger charge is -2.21. The van der Waals surface area contributed by atoms with Crippen molar-refractivity contribution >= 4 is 25.8 Å². The molecule has 0 spiro atoms. The molecule has 37 heavy (non-hydrogen) atoms. The first kappa shape index (κ1) is 26.7. The fourth-order valence-corrected chi connectivity index (χ4v) is 5.42. The molecular formula is C25H26BrN5O5S. The van der Waals surface area contributed by atoms with Crippen LogP contribution in [0.5, 0.6) is 11.5 Å². The zero-order chi connectivity index (χ0) is 26.7. The maximum atomic E-state index is 13.6. The number of aromatic nitrogens is 5. The van der Waals surface area contributed by atoms with Gasteiger partial charge in [-0.2, -0.15) is 0 Å². The number of ether oxygens (including phenoxy) is 2. The molecule has 194 valence electrons. The van der Waals surface area contributed by atoms with E-state index >= 15 is 0 Å². The van der Waals surface area contributed by atoms with Crippen LogP contribution in [0.2, 0.25) is 0 Å². The van der Waals surface area contributed by atoms with Crippen molar-refractivity contribution < 1.29 is 23.0 Å². The van der Waals surface area contributed by atoms with Crippen molar-refractivity contribution in [1.82, 2.24) is 24.7 Å². The van der Waals surface area contributed by atoms with Gasteiger partial charge in [-0.15, -0.1) is 10.2 Å². The summed E-state index contributed by atoms with van der Waals surface area (Å²) in [5.74, 6) is 0.853. The zero-order valence-corrected chi connectivity index (χ0v) is 23.1. The minimum absolute atomic E-state index is 0.126. The van der Waals surface area contributed by atoms with Gasteiger partial charge < -0.3 is 14.6 Å². The Balaban J connectivity index is 1.81. The normalized spacial score (nSPS) is 13.2. The molecule has 4 aromatic rings. The van der Waals surface area contributed by atoms with E-state index in [1.807, 2.05) is 0 Å². The van der Waals surface area contributed by atoms with Crippen molar-refractivity contribution in [1.29, 1.82) is 0 Å². The number of aryl methyl sites for hydroxylation is 1. The van der Waals surface area contributed by atoms with Crippen LogP contribution in [-0.2, 0) is 15.6 Å². The summed E-state index contributed by atoms with van der Waals surface area (Å²) in [7, 11) is -0.928. The Morgan fingerprint density at radius 3 is 2.35 bits per heavy atom. The average molecular weight is 588 g/mol. The highest BCUT2D eigenvalue weighted by molar-refractivity contribution is 9.10. The van der Waals surface area contributed by atoms with Crippen LogP contribution < -0.4 is 9.47 Å². The second-order valence-electron chi connectivity index (χ2n) is 8.29. The van der Waals surface area contributed by atoms with Gasteiger partial charge in [0.25, 0.3) is 0 Å². The minimum atomic E-state index is -3.94. The standard InChI is InChI=1S/C25H26BrN5O5S/c1-15-18(26)10-11-19(28-15)24(32)16(2)37(33,34)14-22-29-30-25(17-7-6-12-27-13-17)31(22)23-20(35-3)8-5-9-21(23)36-4/h5-13,16,24,32H,14H2,1-4H3/t16-,24-/m1/s1. The largest absolute Gasteiger partial charge is 0.494 e. The van der Waals surface area contributed by atoms with Crippen LogP contribution in [0.25, 0.3) is 17.1 Å². The number of pyridine rings is 2. The number of hydrogen-bond donors (Lipinski definition) is 1. The summed E-state index contributed by atoms with van der Waals surface area (Å²) in [6.45, 7) is 3.22. The molecule has 0 aliphatic heterocycles. The van der Waals surface area contributed by atoms with Gasteiger partial charge in [0.1, 0.15) is 29.0 Å². The van der Waals surface area contributed by atoms with Gasteiger partial charge in [-0.3, -0.25) is 14.5 Å². The summed E-state index contributed by atoms with van der Waals surface area (Å²) < 4.78 is 40.6. The number of aliphatic hydroxyl groups excluding tert-OH is 1. The Kier molecular flexibility index (Phi) is 7.90. The molecule has 0 saturated carbocycles. The second-order valence-corrected chi connectivity index (χ2v) is 11.5. The Hall–Kier alpha value is -3.35. The van der Waals surface area contributed by atoms with E-state index in [1.54, 1.807) is 66.3 Å². The highest BCUT2D eigenvalue weighted by Crippen LogP contribution is 2.37. The topological polar surface area (TPSA) is 129 Å². The number of hydrogen-bond acceptors (Lipinski definition) is 9. The van der Waals surface area contributed by atoms with Gasteiger partial charge >= 0.3 is 0 Å². The van der Waals surface area contributed by atoms with Crippen molar-refractivity contribution in [2.45, 2.75) is 31.0 Å². The van der Waals surface area contributed by atoms with Crippen molar-refractivity contribution in [3.63, 3.8) is 0 Å². The molecule has 0 unspecified atom stereocenters. The van der Waals surface area contributed by atoms with Gasteiger partial charge in [-0.1, -0.05) is 6.07 Å². The molecule has 0 amide bonds. The van der Waals surface area contributed by atoms with E-state index in [0.29, 0.717) is 34.3 Å². The lowest BCUT2D eigenvalue weighted by Crippen LogP contribution is -2.28. The van der Waals surface area contributed by atoms with E-state index in [0.717, 1.165) is 4.47 Å². The number of halogens is 1. The van der Waals surface area contributed by atoms with Crippen LogP contribution in [0.15, 0.2) is 59.3 Å². The van der Waals surface area contributed by atoms with Gasteiger partial charge in [-0.05, 0) is 66.2 Å². The molecular weight excluding hydrogens is 562 g/mol. The summed E-state index contributed by atoms with van der Waals surface area (Å²) in [5.41, 5.74) is 1.97. The van der Waals surface area contributed by atoms with Gasteiger partial charge in [0.2, 0.25) is 0 Å². The van der Waals surface area contributed by atoms with Gasteiger partial charge in [0.05, 0.1) is 30.9 Å². The molecule has 4 rings (SSSR count). The first-order valence-electron chi connectivity index (χ1n) is 11.3. The van der Waals surface area contributed by atoms with Crippen LogP contribution in [0.3, 0.4) is 0 Å². The average Bonchev–Trinajstić information content (AvgIpc) is 3.31. The van der Waals surface area contributed by atoms with Gasteiger partial charge in [0.15, 0.2) is 21.5 Å². The highest BCUT2D eigenvalue weighted by Gasteiger charge is 2.33. The molecule has 2 atom stereocenters. The number of benzene rings is 1. The molecule has 0 saturated heterocycles. The maximum Gasteiger partial charge on any atom is 0.170 e. The lowest BCUT2D eigenvalue weighted by atomic mass is 10.1. The quantitative estimate of drug-likeness (QED) is 0.310. The van der Waals surface area contributed by atoms with E-state index in [2.05, 4.69) is 36.1 Å². The Bertz CT molecular complexity index is 1490. The number of para-hydroxylation sites is 1. The smallest absolute Gasteiger partial charge is 0.170 e. The number of methoxy groups -OCH3 is 2. The van der Waals surface area contributed by atoms with E-state index in [-0.39, 0.29) is 11.5 Å². The van der Waals surface area contributed by atoms with Crippen LogP contribution in [0.1, 0.15) is 30.2 Å². The molecule has 0 radical (unpaired) electrons. The first-order valence-corrected chi connectivity index (χ1v) is 13.8.